The Morgan fingerprint density at radius 1 is 0.700 bits per heavy atom. The van der Waals surface area contributed by atoms with E-state index in [2.05, 4.69) is 39.3 Å². The molecule has 0 N–H and O–H groups in total. The molecular formula is C7H22OSi2. The summed E-state index contributed by atoms with van der Waals surface area (Å²) in [6.07, 6.45) is 0. The van der Waals surface area contributed by atoms with Crippen molar-refractivity contribution in [2.45, 2.75) is 46.7 Å². The Kier molecular flexibility index (Phi) is 4.80. The molecule has 0 heterocycles. The van der Waals surface area contributed by atoms with Gasteiger partial charge in [-0.3, -0.25) is 0 Å². The van der Waals surface area contributed by atoms with Crippen LogP contribution in [0.15, 0.2) is 0 Å². The minimum atomic E-state index is -1.23. The fourth-order valence-corrected chi connectivity index (χ4v) is 8.27. The van der Waals surface area contributed by atoms with Crippen molar-refractivity contribution in [1.82, 2.24) is 0 Å². The maximum Gasteiger partial charge on any atom is 0.170 e. The minimum absolute atomic E-state index is 0. The molecule has 10 heavy (non-hydrogen) atoms. The summed E-state index contributed by atoms with van der Waals surface area (Å²) < 4.78 is 5.90. The Morgan fingerprint density at radius 2 is 0.900 bits per heavy atom. The molecule has 0 radical (unpaired) electrons. The summed E-state index contributed by atoms with van der Waals surface area (Å²) in [6, 6.07) is 0. The SMILES string of the molecule is C.C[Si](C)(C)O[Si](C)(C)C. The second-order valence-corrected chi connectivity index (χ2v) is 13.6. The van der Waals surface area contributed by atoms with Crippen LogP contribution >= 0.6 is 0 Å². The van der Waals surface area contributed by atoms with Crippen LogP contribution in [0.2, 0.25) is 39.3 Å². The van der Waals surface area contributed by atoms with E-state index in [-0.39, 0.29) is 7.43 Å². The lowest BCUT2D eigenvalue weighted by Crippen LogP contribution is -2.39. The molecule has 0 spiro atoms. The fourth-order valence-electron chi connectivity index (χ4n) is 0.919. The number of hydrogen-bond acceptors (Lipinski definition) is 1. The molecule has 0 saturated heterocycles. The average Bonchev–Trinajstić information content (AvgIpc) is 1.14. The Balaban J connectivity index is 0. The van der Waals surface area contributed by atoms with E-state index in [1.807, 2.05) is 0 Å². The molecule has 1 nitrogen and oxygen atoms in total. The van der Waals surface area contributed by atoms with Gasteiger partial charge in [-0.2, -0.15) is 0 Å². The molecule has 0 rings (SSSR count). The lowest BCUT2D eigenvalue weighted by Gasteiger charge is -2.27. The molecule has 0 aliphatic rings. The molecule has 0 aromatic rings. The molecule has 0 atom stereocenters. The summed E-state index contributed by atoms with van der Waals surface area (Å²) in [6.45, 7) is 13.4. The number of rotatable bonds is 2. The van der Waals surface area contributed by atoms with E-state index in [9.17, 15) is 0 Å². The van der Waals surface area contributed by atoms with Crippen LogP contribution in [0, 0.1) is 0 Å². The average molecular weight is 178 g/mol. The van der Waals surface area contributed by atoms with Crippen molar-refractivity contribution in [2.75, 3.05) is 0 Å². The zero-order valence-electron chi connectivity index (χ0n) is 7.41. The van der Waals surface area contributed by atoms with Crippen molar-refractivity contribution >= 4 is 16.6 Å². The third-order valence-electron chi connectivity index (χ3n) is 0.612. The van der Waals surface area contributed by atoms with E-state index in [1.165, 1.54) is 0 Å². The second kappa shape index (κ2) is 3.69. The first kappa shape index (κ1) is 13.0. The van der Waals surface area contributed by atoms with Gasteiger partial charge in [0.2, 0.25) is 0 Å². The van der Waals surface area contributed by atoms with Gasteiger partial charge in [0.05, 0.1) is 0 Å². The minimum Gasteiger partial charge on any atom is -0.456 e. The summed E-state index contributed by atoms with van der Waals surface area (Å²) in [5.41, 5.74) is 0. The van der Waals surface area contributed by atoms with Crippen LogP contribution in [-0.4, -0.2) is 16.6 Å². The molecule has 0 aliphatic carbocycles. The van der Waals surface area contributed by atoms with E-state index in [4.69, 9.17) is 4.12 Å². The van der Waals surface area contributed by atoms with Gasteiger partial charge in [0.15, 0.2) is 16.6 Å². The Morgan fingerprint density at radius 3 is 0.900 bits per heavy atom. The molecule has 3 heteroatoms. The van der Waals surface area contributed by atoms with Gasteiger partial charge in [0.1, 0.15) is 0 Å². The Labute approximate surface area is 68.1 Å². The van der Waals surface area contributed by atoms with Crippen molar-refractivity contribution in [3.05, 3.63) is 0 Å². The van der Waals surface area contributed by atoms with Crippen LogP contribution in [0.3, 0.4) is 0 Å². The van der Waals surface area contributed by atoms with E-state index in [0.717, 1.165) is 0 Å². The first-order valence-corrected chi connectivity index (χ1v) is 10.2. The Hall–Kier alpha value is 0.394. The molecule has 64 valence electrons. The normalized spacial score (nSPS) is 12.6. The van der Waals surface area contributed by atoms with Crippen molar-refractivity contribution in [3.63, 3.8) is 0 Å². The number of hydrogen-bond donors (Lipinski definition) is 0. The van der Waals surface area contributed by atoms with Crippen molar-refractivity contribution < 1.29 is 4.12 Å². The van der Waals surface area contributed by atoms with Gasteiger partial charge >= 0.3 is 0 Å². The van der Waals surface area contributed by atoms with Crippen LogP contribution in [0.4, 0.5) is 0 Å². The standard InChI is InChI=1S/C6H18OSi2.CH4/c1-8(2,3)7-9(4,5)6;/h1-6H3;1H4. The quantitative estimate of drug-likeness (QED) is 0.590. The third-order valence-corrected chi connectivity index (χ3v) is 5.51. The smallest absolute Gasteiger partial charge is 0.170 e. The van der Waals surface area contributed by atoms with Crippen molar-refractivity contribution in [2.24, 2.45) is 0 Å². The molecule has 0 saturated carbocycles. The van der Waals surface area contributed by atoms with Crippen LogP contribution in [0.25, 0.3) is 0 Å². The highest BCUT2D eigenvalue weighted by Gasteiger charge is 2.24. The molecule has 0 aromatic carbocycles. The summed E-state index contributed by atoms with van der Waals surface area (Å²) in [7, 11) is -2.46. The van der Waals surface area contributed by atoms with Gasteiger partial charge in [-0.05, 0) is 39.3 Å². The predicted octanol–water partition coefficient (Wildman–Crippen LogP) is 3.31. The van der Waals surface area contributed by atoms with Crippen LogP contribution in [-0.2, 0) is 4.12 Å². The van der Waals surface area contributed by atoms with Gasteiger partial charge in [0, 0.05) is 0 Å². The van der Waals surface area contributed by atoms with Crippen molar-refractivity contribution in [1.29, 1.82) is 0 Å². The highest BCUT2D eigenvalue weighted by molar-refractivity contribution is 6.83. The first-order valence-electron chi connectivity index (χ1n) is 3.41. The molecule has 0 aliphatic heterocycles. The first-order chi connectivity index (χ1) is 3.71. The molecule has 0 amide bonds. The van der Waals surface area contributed by atoms with Crippen LogP contribution in [0.5, 0.6) is 0 Å². The van der Waals surface area contributed by atoms with E-state index in [1.54, 1.807) is 0 Å². The van der Waals surface area contributed by atoms with Gasteiger partial charge in [-0.15, -0.1) is 0 Å². The zero-order chi connectivity index (χ0) is 7.71. The van der Waals surface area contributed by atoms with Gasteiger partial charge in [-0.25, -0.2) is 0 Å². The summed E-state index contributed by atoms with van der Waals surface area (Å²) in [5.74, 6) is 0. The molecule has 0 bridgehead atoms. The highest BCUT2D eigenvalue weighted by atomic mass is 28.4. The monoisotopic (exact) mass is 178 g/mol. The second-order valence-electron chi connectivity index (χ2n) is 4.33. The van der Waals surface area contributed by atoms with E-state index < -0.39 is 16.6 Å². The summed E-state index contributed by atoms with van der Waals surface area (Å²) in [4.78, 5) is 0. The molecular weight excluding hydrogens is 156 g/mol. The van der Waals surface area contributed by atoms with Crippen LogP contribution in [0.1, 0.15) is 7.43 Å². The molecule has 0 fully saturated rings. The Bertz CT molecular complexity index is 76.8. The van der Waals surface area contributed by atoms with E-state index >= 15 is 0 Å². The fraction of sp³-hybridized carbons (Fsp3) is 1.00. The maximum atomic E-state index is 5.90. The topological polar surface area (TPSA) is 9.23 Å². The lowest BCUT2D eigenvalue weighted by molar-refractivity contribution is 0.559. The summed E-state index contributed by atoms with van der Waals surface area (Å²) in [5, 5.41) is 0. The molecule has 0 aromatic heterocycles. The highest BCUT2D eigenvalue weighted by Crippen LogP contribution is 2.12. The maximum absolute atomic E-state index is 5.90. The van der Waals surface area contributed by atoms with Gasteiger partial charge in [0.25, 0.3) is 0 Å². The largest absolute Gasteiger partial charge is 0.456 e. The zero-order valence-corrected chi connectivity index (χ0v) is 9.41. The molecule has 0 unspecified atom stereocenters. The predicted molar refractivity (Wildman–Crippen MR) is 54.5 cm³/mol. The third kappa shape index (κ3) is 11.2. The van der Waals surface area contributed by atoms with Gasteiger partial charge in [-0.1, -0.05) is 7.43 Å². The van der Waals surface area contributed by atoms with Crippen LogP contribution < -0.4 is 0 Å². The lowest BCUT2D eigenvalue weighted by atomic mass is 11.8. The summed E-state index contributed by atoms with van der Waals surface area (Å²) >= 11 is 0. The van der Waals surface area contributed by atoms with Gasteiger partial charge < -0.3 is 4.12 Å². The van der Waals surface area contributed by atoms with Crippen molar-refractivity contribution in [3.8, 4) is 0 Å². The van der Waals surface area contributed by atoms with E-state index in [0.29, 0.717) is 0 Å².